The maximum absolute atomic E-state index is 13.5. The summed E-state index contributed by atoms with van der Waals surface area (Å²) in [6.45, 7) is 4.12. The molecule has 0 aliphatic heterocycles. The summed E-state index contributed by atoms with van der Waals surface area (Å²) in [5, 5.41) is 0. The van der Waals surface area contributed by atoms with Gasteiger partial charge in [0.05, 0.1) is 5.75 Å². The lowest BCUT2D eigenvalue weighted by molar-refractivity contribution is -0.116. The quantitative estimate of drug-likeness (QED) is 0.761. The summed E-state index contributed by atoms with van der Waals surface area (Å²) in [6, 6.07) is 12.6. The third kappa shape index (κ3) is 3.94. The predicted octanol–water partition coefficient (Wildman–Crippen LogP) is 4.35. The lowest BCUT2D eigenvalue weighted by Gasteiger charge is -2.05. The number of rotatable bonds is 5. The fraction of sp³-hybridized carbons (Fsp3) is 0.235. The lowest BCUT2D eigenvalue weighted by Crippen LogP contribution is -2.07. The molecule has 0 aliphatic rings. The Morgan fingerprint density at radius 3 is 2.55 bits per heavy atom. The summed E-state index contributed by atoms with van der Waals surface area (Å²) in [5.41, 5.74) is 2.93. The predicted molar refractivity (Wildman–Crippen MR) is 81.8 cm³/mol. The van der Waals surface area contributed by atoms with Crippen LogP contribution < -0.4 is 0 Å². The smallest absolute Gasteiger partial charge is 0.147 e. The van der Waals surface area contributed by atoms with Crippen molar-refractivity contribution in [2.24, 2.45) is 0 Å². The molecule has 0 bridgehead atoms. The van der Waals surface area contributed by atoms with E-state index in [1.807, 2.05) is 6.07 Å². The van der Waals surface area contributed by atoms with Gasteiger partial charge in [-0.1, -0.05) is 24.3 Å². The van der Waals surface area contributed by atoms with E-state index in [4.69, 9.17) is 0 Å². The maximum Gasteiger partial charge on any atom is 0.147 e. The van der Waals surface area contributed by atoms with Crippen LogP contribution in [0, 0.1) is 19.7 Å². The van der Waals surface area contributed by atoms with Gasteiger partial charge in [0.25, 0.3) is 0 Å². The Bertz CT molecular complexity index is 622. The normalized spacial score (nSPS) is 10.6. The molecule has 20 heavy (non-hydrogen) atoms. The van der Waals surface area contributed by atoms with E-state index in [-0.39, 0.29) is 18.0 Å². The van der Waals surface area contributed by atoms with Crippen molar-refractivity contribution >= 4 is 17.5 Å². The van der Waals surface area contributed by atoms with Crippen molar-refractivity contribution in [1.82, 2.24) is 0 Å². The molecule has 0 aromatic heterocycles. The molecule has 0 amide bonds. The van der Waals surface area contributed by atoms with E-state index >= 15 is 0 Å². The molecule has 0 atom stereocenters. The molecule has 0 saturated heterocycles. The molecule has 104 valence electrons. The largest absolute Gasteiger partial charge is 0.298 e. The van der Waals surface area contributed by atoms with E-state index in [0.717, 1.165) is 4.90 Å². The zero-order valence-electron chi connectivity index (χ0n) is 11.7. The van der Waals surface area contributed by atoms with Crippen LogP contribution in [0.5, 0.6) is 0 Å². The number of aryl methyl sites for hydroxylation is 2. The van der Waals surface area contributed by atoms with Crippen molar-refractivity contribution in [3.05, 3.63) is 65.0 Å². The number of hydrogen-bond acceptors (Lipinski definition) is 2. The Morgan fingerprint density at radius 1 is 1.10 bits per heavy atom. The molecule has 0 unspecified atom stereocenters. The first kappa shape index (κ1) is 14.8. The Balaban J connectivity index is 1.92. The minimum absolute atomic E-state index is 0.0401. The zero-order valence-corrected chi connectivity index (χ0v) is 12.5. The number of carbonyl (C=O) groups is 1. The highest BCUT2D eigenvalue weighted by atomic mass is 32.2. The molecule has 2 rings (SSSR count). The summed E-state index contributed by atoms with van der Waals surface area (Å²) in [6.07, 6.45) is 0.157. The standard InChI is InChI=1S/C17H17FOS/c1-12-7-8-16(9-13(12)2)20-11-15(19)10-14-5-3-4-6-17(14)18/h3-9H,10-11H2,1-2H3. The van der Waals surface area contributed by atoms with Crippen LogP contribution in [0.2, 0.25) is 0 Å². The lowest BCUT2D eigenvalue weighted by atomic mass is 10.1. The van der Waals surface area contributed by atoms with E-state index in [0.29, 0.717) is 11.3 Å². The molecule has 0 N–H and O–H groups in total. The van der Waals surface area contributed by atoms with Crippen LogP contribution in [-0.4, -0.2) is 11.5 Å². The number of Topliss-reactive ketones (excluding diaryl/α,β-unsaturated/α-hetero) is 1. The number of ketones is 1. The van der Waals surface area contributed by atoms with Crippen LogP contribution in [0.3, 0.4) is 0 Å². The average Bonchev–Trinajstić information content (AvgIpc) is 2.43. The number of carbonyl (C=O) groups excluding carboxylic acids is 1. The number of hydrogen-bond donors (Lipinski definition) is 0. The first-order chi connectivity index (χ1) is 9.56. The van der Waals surface area contributed by atoms with Crippen molar-refractivity contribution in [3.8, 4) is 0 Å². The molecular formula is C17H17FOS. The van der Waals surface area contributed by atoms with Crippen LogP contribution >= 0.6 is 11.8 Å². The molecule has 2 aromatic rings. The molecule has 3 heteroatoms. The second-order valence-corrected chi connectivity index (χ2v) is 5.89. The molecule has 0 fully saturated rings. The van der Waals surface area contributed by atoms with E-state index in [1.165, 1.54) is 29.0 Å². The third-order valence-corrected chi connectivity index (χ3v) is 4.28. The molecule has 0 spiro atoms. The van der Waals surface area contributed by atoms with Crippen molar-refractivity contribution < 1.29 is 9.18 Å². The number of thioether (sulfide) groups is 1. The first-order valence-corrected chi connectivity index (χ1v) is 7.50. The Hall–Kier alpha value is -1.61. The molecule has 0 aliphatic carbocycles. The van der Waals surface area contributed by atoms with Crippen LogP contribution in [0.4, 0.5) is 4.39 Å². The van der Waals surface area contributed by atoms with Crippen molar-refractivity contribution in [2.45, 2.75) is 25.2 Å². The van der Waals surface area contributed by atoms with Gasteiger partial charge in [0, 0.05) is 11.3 Å². The van der Waals surface area contributed by atoms with Gasteiger partial charge >= 0.3 is 0 Å². The topological polar surface area (TPSA) is 17.1 Å². The van der Waals surface area contributed by atoms with Crippen LogP contribution in [0.1, 0.15) is 16.7 Å². The monoisotopic (exact) mass is 288 g/mol. The summed E-state index contributed by atoms with van der Waals surface area (Å²) in [7, 11) is 0. The SMILES string of the molecule is Cc1ccc(SCC(=O)Cc2ccccc2F)cc1C. The van der Waals surface area contributed by atoms with Gasteiger partial charge in [-0.25, -0.2) is 4.39 Å². The second-order valence-electron chi connectivity index (χ2n) is 4.84. The Kier molecular flexibility index (Phi) is 4.96. The molecule has 2 aromatic carbocycles. The van der Waals surface area contributed by atoms with Gasteiger partial charge in [0.1, 0.15) is 11.6 Å². The highest BCUT2D eigenvalue weighted by Gasteiger charge is 2.08. The zero-order chi connectivity index (χ0) is 14.5. The van der Waals surface area contributed by atoms with Crippen molar-refractivity contribution in [3.63, 3.8) is 0 Å². The molecule has 1 nitrogen and oxygen atoms in total. The summed E-state index contributed by atoms with van der Waals surface area (Å²) in [4.78, 5) is 13.0. The maximum atomic E-state index is 13.5. The first-order valence-electron chi connectivity index (χ1n) is 6.51. The number of halogens is 1. The molecular weight excluding hydrogens is 271 g/mol. The molecule has 0 saturated carbocycles. The summed E-state index contributed by atoms with van der Waals surface area (Å²) < 4.78 is 13.5. The molecule has 0 heterocycles. The van der Waals surface area contributed by atoms with Crippen molar-refractivity contribution in [1.29, 1.82) is 0 Å². The van der Waals surface area contributed by atoms with Crippen LogP contribution in [0.25, 0.3) is 0 Å². The van der Waals surface area contributed by atoms with Crippen molar-refractivity contribution in [2.75, 3.05) is 5.75 Å². The fourth-order valence-corrected chi connectivity index (χ4v) is 2.73. The Labute approximate surface area is 123 Å². The van der Waals surface area contributed by atoms with E-state index in [2.05, 4.69) is 26.0 Å². The highest BCUT2D eigenvalue weighted by molar-refractivity contribution is 8.00. The van der Waals surface area contributed by atoms with Gasteiger partial charge in [-0.2, -0.15) is 0 Å². The van der Waals surface area contributed by atoms with Gasteiger partial charge in [0.15, 0.2) is 0 Å². The minimum Gasteiger partial charge on any atom is -0.298 e. The van der Waals surface area contributed by atoms with E-state index < -0.39 is 0 Å². The summed E-state index contributed by atoms with van der Waals surface area (Å²) in [5.74, 6) is 0.104. The summed E-state index contributed by atoms with van der Waals surface area (Å²) >= 11 is 1.50. The number of benzene rings is 2. The van der Waals surface area contributed by atoms with Gasteiger partial charge in [0.2, 0.25) is 0 Å². The van der Waals surface area contributed by atoms with Gasteiger partial charge in [-0.05, 0) is 48.7 Å². The van der Waals surface area contributed by atoms with Crippen LogP contribution in [-0.2, 0) is 11.2 Å². The average molecular weight is 288 g/mol. The van der Waals surface area contributed by atoms with Crippen LogP contribution in [0.15, 0.2) is 47.4 Å². The van der Waals surface area contributed by atoms with E-state index in [1.54, 1.807) is 18.2 Å². The fourth-order valence-electron chi connectivity index (χ4n) is 1.87. The minimum atomic E-state index is -0.308. The Morgan fingerprint density at radius 2 is 1.85 bits per heavy atom. The van der Waals surface area contributed by atoms with Gasteiger partial charge in [-0.3, -0.25) is 4.79 Å². The van der Waals surface area contributed by atoms with Gasteiger partial charge < -0.3 is 0 Å². The third-order valence-electron chi connectivity index (χ3n) is 3.22. The highest BCUT2D eigenvalue weighted by Crippen LogP contribution is 2.21. The van der Waals surface area contributed by atoms with Gasteiger partial charge in [-0.15, -0.1) is 11.8 Å². The van der Waals surface area contributed by atoms with E-state index in [9.17, 15) is 9.18 Å². The molecule has 0 radical (unpaired) electrons. The second kappa shape index (κ2) is 6.71.